The second-order valence-electron chi connectivity index (χ2n) is 4.27. The quantitative estimate of drug-likeness (QED) is 0.636. The van der Waals surface area contributed by atoms with E-state index in [2.05, 4.69) is 45.3 Å². The minimum Gasteiger partial charge on any atom is -0.313 e. The molecular formula is C10H24N2. The zero-order valence-corrected chi connectivity index (χ0v) is 9.15. The van der Waals surface area contributed by atoms with Crippen molar-refractivity contribution in [3.05, 3.63) is 0 Å². The van der Waals surface area contributed by atoms with Crippen LogP contribution in [0.3, 0.4) is 0 Å². The third kappa shape index (κ3) is 8.02. The van der Waals surface area contributed by atoms with Gasteiger partial charge in [-0.15, -0.1) is 0 Å². The molecule has 2 N–H and O–H groups in total. The molecule has 0 saturated carbocycles. The van der Waals surface area contributed by atoms with Crippen LogP contribution in [0.1, 0.15) is 34.6 Å². The maximum atomic E-state index is 3.47. The molecule has 1 atom stereocenters. The van der Waals surface area contributed by atoms with E-state index in [4.69, 9.17) is 0 Å². The van der Waals surface area contributed by atoms with Crippen LogP contribution in [-0.4, -0.2) is 25.2 Å². The first-order chi connectivity index (χ1) is 5.52. The summed E-state index contributed by atoms with van der Waals surface area (Å²) < 4.78 is 0. The maximum absolute atomic E-state index is 3.47. The first-order valence-electron chi connectivity index (χ1n) is 4.99. The second kappa shape index (κ2) is 6.44. The van der Waals surface area contributed by atoms with Crippen LogP contribution in [-0.2, 0) is 0 Å². The molecule has 0 radical (unpaired) electrons. The van der Waals surface area contributed by atoms with E-state index in [1.165, 1.54) is 0 Å². The van der Waals surface area contributed by atoms with Crippen molar-refractivity contribution in [1.29, 1.82) is 0 Å². The monoisotopic (exact) mass is 172 g/mol. The highest BCUT2D eigenvalue weighted by molar-refractivity contribution is 4.66. The van der Waals surface area contributed by atoms with Crippen molar-refractivity contribution < 1.29 is 0 Å². The minimum absolute atomic E-state index is 0.579. The lowest BCUT2D eigenvalue weighted by Crippen LogP contribution is -2.40. The van der Waals surface area contributed by atoms with Gasteiger partial charge in [-0.1, -0.05) is 27.7 Å². The lowest BCUT2D eigenvalue weighted by Gasteiger charge is -2.17. The van der Waals surface area contributed by atoms with E-state index in [1.54, 1.807) is 0 Å². The van der Waals surface area contributed by atoms with Gasteiger partial charge in [-0.05, 0) is 19.4 Å². The first-order valence-corrected chi connectivity index (χ1v) is 4.99. The van der Waals surface area contributed by atoms with E-state index < -0.39 is 0 Å². The van der Waals surface area contributed by atoms with Gasteiger partial charge in [0.05, 0.1) is 0 Å². The predicted molar refractivity (Wildman–Crippen MR) is 55.4 cm³/mol. The van der Waals surface area contributed by atoms with Gasteiger partial charge < -0.3 is 10.6 Å². The largest absolute Gasteiger partial charge is 0.313 e. The fraction of sp³-hybridized carbons (Fsp3) is 1.00. The molecule has 0 aromatic heterocycles. The Morgan fingerprint density at radius 2 is 1.42 bits per heavy atom. The van der Waals surface area contributed by atoms with Crippen molar-refractivity contribution in [3.8, 4) is 0 Å². The van der Waals surface area contributed by atoms with Crippen LogP contribution in [0.15, 0.2) is 0 Å². The van der Waals surface area contributed by atoms with Crippen LogP contribution >= 0.6 is 0 Å². The van der Waals surface area contributed by atoms with Crippen molar-refractivity contribution in [3.63, 3.8) is 0 Å². The second-order valence-corrected chi connectivity index (χ2v) is 4.27. The van der Waals surface area contributed by atoms with Crippen molar-refractivity contribution in [2.45, 2.75) is 46.7 Å². The Balaban J connectivity index is 3.27. The lowest BCUT2D eigenvalue weighted by atomic mass is 10.2. The Kier molecular flexibility index (Phi) is 6.39. The molecule has 0 fully saturated rings. The van der Waals surface area contributed by atoms with Gasteiger partial charge in [0.2, 0.25) is 0 Å². The molecule has 0 heterocycles. The normalized spacial score (nSPS) is 14.2. The van der Waals surface area contributed by atoms with Gasteiger partial charge in [0.15, 0.2) is 0 Å². The highest BCUT2D eigenvalue weighted by Gasteiger charge is 2.02. The smallest absolute Gasteiger partial charge is 0.0164 e. The van der Waals surface area contributed by atoms with E-state index >= 15 is 0 Å². The third-order valence-electron chi connectivity index (χ3n) is 1.71. The summed E-state index contributed by atoms with van der Waals surface area (Å²) in [7, 11) is 0. The molecule has 12 heavy (non-hydrogen) atoms. The van der Waals surface area contributed by atoms with E-state index in [0.717, 1.165) is 19.0 Å². The van der Waals surface area contributed by atoms with Crippen LogP contribution in [0.25, 0.3) is 0 Å². The summed E-state index contributed by atoms with van der Waals surface area (Å²) in [5.41, 5.74) is 0. The summed E-state index contributed by atoms with van der Waals surface area (Å²) in [5, 5.41) is 6.88. The van der Waals surface area contributed by atoms with Crippen molar-refractivity contribution in [2.75, 3.05) is 13.1 Å². The number of nitrogens with one attached hydrogen (secondary N) is 2. The van der Waals surface area contributed by atoms with Gasteiger partial charge in [0.25, 0.3) is 0 Å². The minimum atomic E-state index is 0.579. The van der Waals surface area contributed by atoms with Crippen LogP contribution in [0, 0.1) is 5.92 Å². The highest BCUT2D eigenvalue weighted by atomic mass is 15.0. The summed E-state index contributed by atoms with van der Waals surface area (Å²) in [6.07, 6.45) is 0. The molecule has 0 saturated heterocycles. The van der Waals surface area contributed by atoms with Gasteiger partial charge in [-0.25, -0.2) is 0 Å². The zero-order chi connectivity index (χ0) is 9.56. The summed E-state index contributed by atoms with van der Waals surface area (Å²) in [6, 6.07) is 1.17. The molecule has 0 rings (SSSR count). The van der Waals surface area contributed by atoms with E-state index in [0.29, 0.717) is 12.1 Å². The topological polar surface area (TPSA) is 24.1 Å². The Morgan fingerprint density at radius 1 is 0.833 bits per heavy atom. The molecule has 0 aliphatic heterocycles. The van der Waals surface area contributed by atoms with Crippen molar-refractivity contribution in [1.82, 2.24) is 10.6 Å². The fourth-order valence-electron chi connectivity index (χ4n) is 0.922. The number of rotatable bonds is 6. The summed E-state index contributed by atoms with van der Waals surface area (Å²) >= 11 is 0. The molecule has 0 aromatic rings. The predicted octanol–water partition coefficient (Wildman–Crippen LogP) is 1.62. The van der Waals surface area contributed by atoms with Crippen LogP contribution < -0.4 is 10.6 Å². The number of hydrogen-bond acceptors (Lipinski definition) is 2. The Hall–Kier alpha value is -0.0800. The van der Waals surface area contributed by atoms with E-state index in [9.17, 15) is 0 Å². The van der Waals surface area contributed by atoms with Crippen LogP contribution in [0.4, 0.5) is 0 Å². The first kappa shape index (κ1) is 11.9. The van der Waals surface area contributed by atoms with Gasteiger partial charge >= 0.3 is 0 Å². The molecular weight excluding hydrogens is 148 g/mol. The van der Waals surface area contributed by atoms with Gasteiger partial charge in [-0.2, -0.15) is 0 Å². The van der Waals surface area contributed by atoms with E-state index in [-0.39, 0.29) is 0 Å². The molecule has 0 aromatic carbocycles. The molecule has 2 nitrogen and oxygen atoms in total. The summed E-state index contributed by atoms with van der Waals surface area (Å²) in [4.78, 5) is 0. The average molecular weight is 172 g/mol. The molecule has 1 unspecified atom stereocenters. The molecule has 74 valence electrons. The van der Waals surface area contributed by atoms with Crippen LogP contribution in [0.2, 0.25) is 0 Å². The Morgan fingerprint density at radius 3 is 1.83 bits per heavy atom. The van der Waals surface area contributed by atoms with Gasteiger partial charge in [-0.3, -0.25) is 0 Å². The molecule has 0 bridgehead atoms. The average Bonchev–Trinajstić information content (AvgIpc) is 1.96. The zero-order valence-electron chi connectivity index (χ0n) is 9.15. The fourth-order valence-corrected chi connectivity index (χ4v) is 0.922. The lowest BCUT2D eigenvalue weighted by molar-refractivity contribution is 0.444. The van der Waals surface area contributed by atoms with Gasteiger partial charge in [0, 0.05) is 18.6 Å². The standard InChI is InChI=1S/C10H24N2/c1-8(2)6-12-10(5)7-11-9(3)4/h8-12H,6-7H2,1-5H3. The maximum Gasteiger partial charge on any atom is 0.0164 e. The van der Waals surface area contributed by atoms with Crippen molar-refractivity contribution in [2.24, 2.45) is 5.92 Å². The Bertz CT molecular complexity index is 88.0. The summed E-state index contributed by atoms with van der Waals surface area (Å²) in [6.45, 7) is 13.2. The SMILES string of the molecule is CC(C)CNC(C)CNC(C)C. The number of hydrogen-bond donors (Lipinski definition) is 2. The molecule has 0 aliphatic rings. The summed E-state index contributed by atoms with van der Waals surface area (Å²) in [5.74, 6) is 0.742. The highest BCUT2D eigenvalue weighted by Crippen LogP contribution is 1.89. The molecule has 0 aliphatic carbocycles. The third-order valence-corrected chi connectivity index (χ3v) is 1.71. The van der Waals surface area contributed by atoms with Gasteiger partial charge in [0.1, 0.15) is 0 Å². The Labute approximate surface area is 77.1 Å². The molecule has 2 heteroatoms. The molecule has 0 spiro atoms. The molecule has 0 amide bonds. The van der Waals surface area contributed by atoms with Crippen molar-refractivity contribution >= 4 is 0 Å². The van der Waals surface area contributed by atoms with Crippen LogP contribution in [0.5, 0.6) is 0 Å². The van der Waals surface area contributed by atoms with E-state index in [1.807, 2.05) is 0 Å².